The summed E-state index contributed by atoms with van der Waals surface area (Å²) in [5.41, 5.74) is 1.76. The molecule has 158 valence electrons. The van der Waals surface area contributed by atoms with E-state index in [1.54, 1.807) is 13.8 Å². The summed E-state index contributed by atoms with van der Waals surface area (Å²) in [5, 5.41) is 5.09. The fourth-order valence-corrected chi connectivity index (χ4v) is 4.40. The van der Waals surface area contributed by atoms with Crippen molar-refractivity contribution < 1.29 is 18.0 Å². The van der Waals surface area contributed by atoms with Crippen molar-refractivity contribution in [1.29, 1.82) is 0 Å². The van der Waals surface area contributed by atoms with Crippen LogP contribution in [0.15, 0.2) is 53.4 Å². The zero-order valence-corrected chi connectivity index (χ0v) is 17.5. The number of para-hydroxylation sites is 2. The van der Waals surface area contributed by atoms with Crippen molar-refractivity contribution in [3.05, 3.63) is 54.1 Å². The predicted molar refractivity (Wildman–Crippen MR) is 114 cm³/mol. The monoisotopic (exact) mass is 429 g/mol. The summed E-state index contributed by atoms with van der Waals surface area (Å²) < 4.78 is 26.3. The number of aromatic nitrogens is 2. The molecule has 2 amide bonds. The Labute approximate surface area is 174 Å². The molecule has 0 aliphatic heterocycles. The van der Waals surface area contributed by atoms with Gasteiger partial charge < -0.3 is 10.3 Å². The predicted octanol–water partition coefficient (Wildman–Crippen LogP) is 1.96. The molecule has 3 rings (SSSR count). The molecule has 0 aliphatic carbocycles. The minimum Gasteiger partial charge on any atom is -0.343 e. The van der Waals surface area contributed by atoms with Crippen molar-refractivity contribution in [3.8, 4) is 0 Å². The zero-order chi connectivity index (χ0) is 21.7. The maximum Gasteiger partial charge on any atom is 0.251 e. The summed E-state index contributed by atoms with van der Waals surface area (Å²) in [7, 11) is -3.59. The number of amides is 2. The quantitative estimate of drug-likeness (QED) is 0.505. The molecule has 0 atom stereocenters. The van der Waals surface area contributed by atoms with Gasteiger partial charge in [-0.05, 0) is 36.4 Å². The largest absolute Gasteiger partial charge is 0.343 e. The second-order valence-electron chi connectivity index (χ2n) is 6.45. The molecule has 3 N–H and O–H groups in total. The van der Waals surface area contributed by atoms with Crippen LogP contribution in [0.3, 0.4) is 0 Å². The summed E-state index contributed by atoms with van der Waals surface area (Å²) in [6, 6.07) is 13.0. The van der Waals surface area contributed by atoms with Crippen molar-refractivity contribution in [2.75, 3.05) is 25.0 Å². The van der Waals surface area contributed by atoms with Gasteiger partial charge in [-0.1, -0.05) is 26.0 Å². The standard InChI is InChI=1S/C20H23N5O4S/c1-3-25(4-2)30(28,29)15-11-9-14(10-12-15)19(27)21-13-18(26)24-20-22-16-7-5-6-8-17(16)23-20/h5-12H,3-4,13H2,1-2H3,(H,21,27)(H2,22,23,24,26). The first-order valence-electron chi connectivity index (χ1n) is 9.48. The van der Waals surface area contributed by atoms with Gasteiger partial charge >= 0.3 is 0 Å². The zero-order valence-electron chi connectivity index (χ0n) is 16.7. The second kappa shape index (κ2) is 9.06. The molecule has 10 heteroatoms. The van der Waals surface area contributed by atoms with Crippen molar-refractivity contribution in [1.82, 2.24) is 19.6 Å². The van der Waals surface area contributed by atoms with E-state index in [0.29, 0.717) is 19.0 Å². The maximum absolute atomic E-state index is 12.5. The molecule has 0 unspecified atom stereocenters. The molecule has 0 aliphatic rings. The van der Waals surface area contributed by atoms with Crippen LogP contribution in [-0.2, 0) is 14.8 Å². The number of nitrogens with zero attached hydrogens (tertiary/aromatic N) is 2. The molecule has 0 bridgehead atoms. The van der Waals surface area contributed by atoms with Crippen molar-refractivity contribution in [3.63, 3.8) is 0 Å². The number of fused-ring (bicyclic) bond motifs is 1. The first kappa shape index (κ1) is 21.5. The van der Waals surface area contributed by atoms with Crippen molar-refractivity contribution in [2.24, 2.45) is 0 Å². The fraction of sp³-hybridized carbons (Fsp3) is 0.250. The minimum absolute atomic E-state index is 0.116. The van der Waals surface area contributed by atoms with E-state index in [9.17, 15) is 18.0 Å². The van der Waals surface area contributed by atoms with E-state index in [1.165, 1.54) is 28.6 Å². The van der Waals surface area contributed by atoms with Gasteiger partial charge in [0.05, 0.1) is 22.5 Å². The fourth-order valence-electron chi connectivity index (χ4n) is 2.94. The normalized spacial score (nSPS) is 11.6. The number of aromatic amines is 1. The minimum atomic E-state index is -3.59. The number of anilines is 1. The third-order valence-corrected chi connectivity index (χ3v) is 6.58. The molecule has 9 nitrogen and oxygen atoms in total. The highest BCUT2D eigenvalue weighted by molar-refractivity contribution is 7.89. The molecule has 0 saturated heterocycles. The SMILES string of the molecule is CCN(CC)S(=O)(=O)c1ccc(C(=O)NCC(=O)Nc2nc3ccccc3[nH]2)cc1. The number of rotatable bonds is 8. The van der Waals surface area contributed by atoms with Crippen molar-refractivity contribution in [2.45, 2.75) is 18.7 Å². The van der Waals surface area contributed by atoms with Gasteiger partial charge in [-0.2, -0.15) is 4.31 Å². The number of carbonyl (C=O) groups excluding carboxylic acids is 2. The molecule has 0 radical (unpaired) electrons. The van der Waals surface area contributed by atoms with Gasteiger partial charge in [0.25, 0.3) is 5.91 Å². The van der Waals surface area contributed by atoms with Crippen LogP contribution >= 0.6 is 0 Å². The number of hydrogen-bond donors (Lipinski definition) is 3. The third-order valence-electron chi connectivity index (χ3n) is 4.52. The number of nitrogens with one attached hydrogen (secondary N) is 3. The topological polar surface area (TPSA) is 124 Å². The van der Waals surface area contributed by atoms with Crippen LogP contribution in [0, 0.1) is 0 Å². The Bertz CT molecular complexity index is 1120. The lowest BCUT2D eigenvalue weighted by atomic mass is 10.2. The first-order chi connectivity index (χ1) is 14.3. The number of hydrogen-bond acceptors (Lipinski definition) is 5. The third kappa shape index (κ3) is 4.66. The lowest BCUT2D eigenvalue weighted by Gasteiger charge is -2.18. The van der Waals surface area contributed by atoms with Gasteiger partial charge in [-0.25, -0.2) is 13.4 Å². The van der Waals surface area contributed by atoms with E-state index in [2.05, 4.69) is 20.6 Å². The Kier molecular flexibility index (Phi) is 6.48. The van der Waals surface area contributed by atoms with Crippen LogP contribution < -0.4 is 10.6 Å². The van der Waals surface area contributed by atoms with Crippen molar-refractivity contribution >= 4 is 38.8 Å². The maximum atomic E-state index is 12.5. The Morgan fingerprint density at radius 1 is 1.03 bits per heavy atom. The summed E-state index contributed by atoms with van der Waals surface area (Å²) in [6.07, 6.45) is 0. The molecule has 1 aromatic heterocycles. The lowest BCUT2D eigenvalue weighted by Crippen LogP contribution is -2.33. The number of H-pyrrole nitrogens is 1. The lowest BCUT2D eigenvalue weighted by molar-refractivity contribution is -0.115. The molecule has 3 aromatic rings. The van der Waals surface area contributed by atoms with Crippen LogP contribution in [0.25, 0.3) is 11.0 Å². The number of benzene rings is 2. The molecular weight excluding hydrogens is 406 g/mol. The highest BCUT2D eigenvalue weighted by Crippen LogP contribution is 2.16. The van der Waals surface area contributed by atoms with Gasteiger partial charge in [-0.15, -0.1) is 0 Å². The Morgan fingerprint density at radius 3 is 2.33 bits per heavy atom. The van der Waals surface area contributed by atoms with E-state index in [4.69, 9.17) is 0 Å². The van der Waals surface area contributed by atoms with Gasteiger partial charge in [0.1, 0.15) is 0 Å². The summed E-state index contributed by atoms with van der Waals surface area (Å²) in [5.74, 6) is -0.633. The van der Waals surface area contributed by atoms with E-state index in [-0.39, 0.29) is 17.0 Å². The van der Waals surface area contributed by atoms with Crippen LogP contribution in [0.1, 0.15) is 24.2 Å². The van der Waals surface area contributed by atoms with Crippen LogP contribution in [0.5, 0.6) is 0 Å². The second-order valence-corrected chi connectivity index (χ2v) is 8.39. The average Bonchev–Trinajstić information content (AvgIpc) is 3.15. The highest BCUT2D eigenvalue weighted by Gasteiger charge is 2.21. The first-order valence-corrected chi connectivity index (χ1v) is 10.9. The number of imidazole rings is 1. The summed E-state index contributed by atoms with van der Waals surface area (Å²) >= 11 is 0. The van der Waals surface area contributed by atoms with E-state index < -0.39 is 21.8 Å². The number of sulfonamides is 1. The molecule has 30 heavy (non-hydrogen) atoms. The number of carbonyl (C=O) groups is 2. The van der Waals surface area contributed by atoms with Gasteiger partial charge in [0.15, 0.2) is 0 Å². The average molecular weight is 430 g/mol. The van der Waals surface area contributed by atoms with Gasteiger partial charge in [0, 0.05) is 18.7 Å². The Morgan fingerprint density at radius 2 is 1.70 bits per heavy atom. The van der Waals surface area contributed by atoms with E-state index >= 15 is 0 Å². The van der Waals surface area contributed by atoms with Gasteiger partial charge in [0.2, 0.25) is 21.9 Å². The van der Waals surface area contributed by atoms with Crippen LogP contribution in [-0.4, -0.2) is 54.1 Å². The molecule has 0 fully saturated rings. The Balaban J connectivity index is 1.58. The molecule has 1 heterocycles. The smallest absolute Gasteiger partial charge is 0.251 e. The van der Waals surface area contributed by atoms with Crippen LogP contribution in [0.2, 0.25) is 0 Å². The highest BCUT2D eigenvalue weighted by atomic mass is 32.2. The molecule has 2 aromatic carbocycles. The Hall–Kier alpha value is -3.24. The molecular formula is C20H23N5O4S. The molecule has 0 spiro atoms. The van der Waals surface area contributed by atoms with Gasteiger partial charge in [-0.3, -0.25) is 14.9 Å². The summed E-state index contributed by atoms with van der Waals surface area (Å²) in [6.45, 7) is 4.00. The summed E-state index contributed by atoms with van der Waals surface area (Å²) in [4.78, 5) is 31.7. The molecule has 0 saturated carbocycles. The van der Waals surface area contributed by atoms with E-state index in [0.717, 1.165) is 11.0 Å². The van der Waals surface area contributed by atoms with E-state index in [1.807, 2.05) is 24.3 Å². The van der Waals surface area contributed by atoms with Crippen LogP contribution in [0.4, 0.5) is 5.95 Å².